The second-order valence-corrected chi connectivity index (χ2v) is 5.99. The Bertz CT molecular complexity index is 473. The molecule has 1 unspecified atom stereocenters. The molecule has 0 aromatic heterocycles. The Balaban J connectivity index is 2.01. The highest BCUT2D eigenvalue weighted by Crippen LogP contribution is 2.23. The lowest BCUT2D eigenvalue weighted by atomic mass is 10.2. The predicted molar refractivity (Wildman–Crippen MR) is 79.2 cm³/mol. The topological polar surface area (TPSA) is 29.5 Å². The maximum Gasteiger partial charge on any atom is 0.263 e. The number of ether oxygens (including phenoxy) is 1. The van der Waals surface area contributed by atoms with Gasteiger partial charge < -0.3 is 9.64 Å². The summed E-state index contributed by atoms with van der Waals surface area (Å²) in [6, 6.07) is 4.47. The molecule has 5 heteroatoms. The minimum Gasteiger partial charge on any atom is -0.478 e. The van der Waals surface area contributed by atoms with E-state index in [9.17, 15) is 9.18 Å². The van der Waals surface area contributed by atoms with Crippen LogP contribution in [-0.4, -0.2) is 30.0 Å². The molecule has 0 spiro atoms. The van der Waals surface area contributed by atoms with Crippen molar-refractivity contribution in [1.29, 1.82) is 0 Å². The lowest BCUT2D eigenvalue weighted by Crippen LogP contribution is -2.41. The third kappa shape index (κ3) is 3.95. The third-order valence-corrected chi connectivity index (χ3v) is 3.96. The number of hydrogen-bond donors (Lipinski definition) is 0. The summed E-state index contributed by atoms with van der Waals surface area (Å²) < 4.78 is 19.8. The molecule has 1 aliphatic heterocycles. The van der Waals surface area contributed by atoms with Crippen molar-refractivity contribution in [3.05, 3.63) is 28.5 Å². The van der Waals surface area contributed by atoms with Gasteiger partial charge in [-0.1, -0.05) is 28.8 Å². The highest BCUT2D eigenvalue weighted by molar-refractivity contribution is 9.10. The minimum atomic E-state index is -0.670. The van der Waals surface area contributed by atoms with Gasteiger partial charge >= 0.3 is 0 Å². The maximum absolute atomic E-state index is 13.6. The molecule has 2 rings (SSSR count). The summed E-state index contributed by atoms with van der Waals surface area (Å²) in [5.74, 6) is -0.412. The third-order valence-electron chi connectivity index (χ3n) is 3.46. The molecule has 1 atom stereocenters. The van der Waals surface area contributed by atoms with Crippen molar-refractivity contribution in [2.24, 2.45) is 0 Å². The average molecular weight is 344 g/mol. The van der Waals surface area contributed by atoms with Gasteiger partial charge in [0.1, 0.15) is 0 Å². The van der Waals surface area contributed by atoms with E-state index in [1.165, 1.54) is 18.9 Å². The van der Waals surface area contributed by atoms with E-state index in [-0.39, 0.29) is 11.7 Å². The van der Waals surface area contributed by atoms with E-state index < -0.39 is 11.9 Å². The fourth-order valence-electron chi connectivity index (χ4n) is 2.36. The zero-order valence-corrected chi connectivity index (χ0v) is 13.2. The largest absolute Gasteiger partial charge is 0.478 e. The van der Waals surface area contributed by atoms with Crippen LogP contribution in [0.15, 0.2) is 22.7 Å². The van der Waals surface area contributed by atoms with Crippen LogP contribution in [0.3, 0.4) is 0 Å². The molecule has 1 aromatic carbocycles. The van der Waals surface area contributed by atoms with Crippen molar-refractivity contribution >= 4 is 21.8 Å². The van der Waals surface area contributed by atoms with Crippen LogP contribution in [0.4, 0.5) is 4.39 Å². The number of likely N-dealkylation sites (tertiary alicyclic amines) is 1. The fraction of sp³-hybridized carbons (Fsp3) is 0.533. The lowest BCUT2D eigenvalue weighted by molar-refractivity contribution is -0.137. The van der Waals surface area contributed by atoms with E-state index >= 15 is 0 Å². The number of carbonyl (C=O) groups excluding carboxylic acids is 1. The number of nitrogens with zero attached hydrogens (tertiary/aromatic N) is 1. The number of halogens is 2. The van der Waals surface area contributed by atoms with Gasteiger partial charge in [-0.15, -0.1) is 0 Å². The maximum atomic E-state index is 13.6. The van der Waals surface area contributed by atoms with Crippen molar-refractivity contribution in [1.82, 2.24) is 4.90 Å². The summed E-state index contributed by atoms with van der Waals surface area (Å²) in [5.41, 5.74) is 0. The Morgan fingerprint density at radius 1 is 1.30 bits per heavy atom. The van der Waals surface area contributed by atoms with Crippen molar-refractivity contribution in [2.75, 3.05) is 13.1 Å². The van der Waals surface area contributed by atoms with Gasteiger partial charge in [0.25, 0.3) is 5.91 Å². The van der Waals surface area contributed by atoms with Gasteiger partial charge in [-0.3, -0.25) is 4.79 Å². The highest BCUT2D eigenvalue weighted by Gasteiger charge is 2.23. The van der Waals surface area contributed by atoms with Gasteiger partial charge in [0.05, 0.1) is 0 Å². The molecule has 110 valence electrons. The van der Waals surface area contributed by atoms with Crippen LogP contribution >= 0.6 is 15.9 Å². The standard InChI is InChI=1S/C15H19BrFNO2/c1-11(15(19)18-8-4-2-3-5-9-18)20-14-10-12(16)6-7-13(14)17/h6-7,10-11H,2-5,8-9H2,1H3. The van der Waals surface area contributed by atoms with Crippen LogP contribution in [0.1, 0.15) is 32.6 Å². The van der Waals surface area contributed by atoms with E-state index in [1.54, 1.807) is 19.1 Å². The molecule has 0 saturated carbocycles. The fourth-order valence-corrected chi connectivity index (χ4v) is 2.70. The molecule has 1 amide bonds. The Morgan fingerprint density at radius 2 is 1.95 bits per heavy atom. The normalized spacial score (nSPS) is 17.4. The monoisotopic (exact) mass is 343 g/mol. The van der Waals surface area contributed by atoms with Gasteiger partial charge in [-0.05, 0) is 38.0 Å². The van der Waals surface area contributed by atoms with Crippen LogP contribution < -0.4 is 4.74 Å². The Labute approximate surface area is 127 Å². The molecule has 1 aliphatic rings. The van der Waals surface area contributed by atoms with E-state index in [1.807, 2.05) is 4.90 Å². The van der Waals surface area contributed by atoms with Crippen molar-refractivity contribution < 1.29 is 13.9 Å². The molecule has 3 nitrogen and oxygen atoms in total. The molecule has 1 saturated heterocycles. The molecule has 0 aliphatic carbocycles. The van der Waals surface area contributed by atoms with Gasteiger partial charge in [-0.2, -0.15) is 0 Å². The number of benzene rings is 1. The van der Waals surface area contributed by atoms with Crippen LogP contribution in [-0.2, 0) is 4.79 Å². The van der Waals surface area contributed by atoms with E-state index in [2.05, 4.69) is 15.9 Å². The Kier molecular flexibility index (Phi) is 5.40. The SMILES string of the molecule is CC(Oc1cc(Br)ccc1F)C(=O)N1CCCCCC1. The molecule has 0 bridgehead atoms. The molecule has 20 heavy (non-hydrogen) atoms. The Hall–Kier alpha value is -1.10. The molecule has 1 heterocycles. The minimum absolute atomic E-state index is 0.0636. The summed E-state index contributed by atoms with van der Waals surface area (Å²) in [4.78, 5) is 14.1. The zero-order valence-electron chi connectivity index (χ0n) is 11.6. The van der Waals surface area contributed by atoms with Crippen molar-refractivity contribution in [3.63, 3.8) is 0 Å². The first-order valence-corrected chi connectivity index (χ1v) is 7.78. The molecule has 0 N–H and O–H groups in total. The molecule has 1 aromatic rings. The average Bonchev–Trinajstić information content (AvgIpc) is 2.71. The molecule has 1 fully saturated rings. The zero-order chi connectivity index (χ0) is 14.5. The first-order valence-electron chi connectivity index (χ1n) is 6.98. The molecular weight excluding hydrogens is 325 g/mol. The smallest absolute Gasteiger partial charge is 0.263 e. The summed E-state index contributed by atoms with van der Waals surface area (Å²) >= 11 is 3.27. The number of carbonyl (C=O) groups is 1. The summed E-state index contributed by atoms with van der Waals surface area (Å²) in [6.07, 6.45) is 3.73. The van der Waals surface area contributed by atoms with Crippen molar-refractivity contribution in [2.45, 2.75) is 38.7 Å². The summed E-state index contributed by atoms with van der Waals surface area (Å²) in [5, 5.41) is 0. The van der Waals surface area contributed by atoms with Gasteiger partial charge in [-0.25, -0.2) is 4.39 Å². The number of amides is 1. The first-order chi connectivity index (χ1) is 9.58. The number of rotatable bonds is 3. The number of hydrogen-bond acceptors (Lipinski definition) is 2. The van der Waals surface area contributed by atoms with Crippen LogP contribution in [0.2, 0.25) is 0 Å². The molecule has 0 radical (unpaired) electrons. The highest BCUT2D eigenvalue weighted by atomic mass is 79.9. The van der Waals surface area contributed by atoms with E-state index in [0.29, 0.717) is 0 Å². The van der Waals surface area contributed by atoms with Gasteiger partial charge in [0, 0.05) is 17.6 Å². The van der Waals surface area contributed by atoms with Crippen LogP contribution in [0.5, 0.6) is 5.75 Å². The van der Waals surface area contributed by atoms with E-state index in [4.69, 9.17) is 4.74 Å². The summed E-state index contributed by atoms with van der Waals surface area (Å²) in [6.45, 7) is 3.22. The lowest BCUT2D eigenvalue weighted by Gasteiger charge is -2.24. The predicted octanol–water partition coefficient (Wildman–Crippen LogP) is 3.76. The second-order valence-electron chi connectivity index (χ2n) is 5.07. The van der Waals surface area contributed by atoms with Crippen LogP contribution in [0.25, 0.3) is 0 Å². The van der Waals surface area contributed by atoms with Crippen LogP contribution in [0, 0.1) is 5.82 Å². The first kappa shape index (κ1) is 15.3. The second kappa shape index (κ2) is 7.07. The Morgan fingerprint density at radius 3 is 2.60 bits per heavy atom. The quantitative estimate of drug-likeness (QED) is 0.836. The summed E-state index contributed by atoms with van der Waals surface area (Å²) in [7, 11) is 0. The van der Waals surface area contributed by atoms with Crippen molar-refractivity contribution in [3.8, 4) is 5.75 Å². The molecular formula is C15H19BrFNO2. The van der Waals surface area contributed by atoms with Gasteiger partial charge in [0.15, 0.2) is 17.7 Å². The van der Waals surface area contributed by atoms with E-state index in [0.717, 1.165) is 30.4 Å². The van der Waals surface area contributed by atoms with Gasteiger partial charge in [0.2, 0.25) is 0 Å².